The number of rotatable bonds is 4. The number of amides is 1. The van der Waals surface area contributed by atoms with Crippen LogP contribution in [0.1, 0.15) is 47.8 Å². The van der Waals surface area contributed by atoms with E-state index in [2.05, 4.69) is 4.98 Å². The number of primary amides is 1. The van der Waals surface area contributed by atoms with Gasteiger partial charge in [-0.15, -0.1) is 0 Å². The minimum Gasteiger partial charge on any atom is -0.390 e. The van der Waals surface area contributed by atoms with Gasteiger partial charge in [-0.05, 0) is 30.5 Å². The zero-order valence-electron chi connectivity index (χ0n) is 18.6. The highest BCUT2D eigenvalue weighted by atomic mass is 16.5. The predicted octanol–water partition coefficient (Wildman–Crippen LogP) is 2.35. The maximum Gasteiger partial charge on any atom is 0.254 e. The number of hydrogen-bond donors (Lipinski definition) is 3. The van der Waals surface area contributed by atoms with E-state index >= 15 is 0 Å². The molecule has 3 aromatic rings. The van der Waals surface area contributed by atoms with Crippen molar-refractivity contribution >= 4 is 5.91 Å². The molecule has 1 aromatic carbocycles. The molecule has 5 rings (SSSR count). The monoisotopic (exact) mass is 461 g/mol. The Labute approximate surface area is 196 Å². The summed E-state index contributed by atoms with van der Waals surface area (Å²) in [6.07, 6.45) is 4.42. The quantitative estimate of drug-likeness (QED) is 0.547. The van der Waals surface area contributed by atoms with Crippen molar-refractivity contribution in [2.45, 2.75) is 50.1 Å². The molecular formula is C26H27N3O5. The molecular weight excluding hydrogens is 434 g/mol. The van der Waals surface area contributed by atoms with Gasteiger partial charge < -0.3 is 25.3 Å². The Hall–Kier alpha value is -3.33. The molecule has 1 aliphatic carbocycles. The van der Waals surface area contributed by atoms with Crippen LogP contribution in [-0.2, 0) is 4.74 Å². The van der Waals surface area contributed by atoms with Crippen LogP contribution in [0.15, 0.2) is 65.8 Å². The van der Waals surface area contributed by atoms with Crippen molar-refractivity contribution in [3.8, 4) is 16.8 Å². The summed E-state index contributed by atoms with van der Waals surface area (Å²) in [5, 5.41) is 22.1. The lowest BCUT2D eigenvalue weighted by Crippen LogP contribution is -2.52. The molecule has 2 aliphatic rings. The molecule has 0 bridgehead atoms. The second kappa shape index (κ2) is 9.13. The highest BCUT2D eigenvalue weighted by Gasteiger charge is 2.47. The Bertz CT molecular complexity index is 1240. The zero-order chi connectivity index (χ0) is 23.8. The molecule has 2 fully saturated rings. The topological polar surface area (TPSA) is 128 Å². The third-order valence-electron chi connectivity index (χ3n) is 6.94. The summed E-state index contributed by atoms with van der Waals surface area (Å²) in [7, 11) is 0. The number of fused-ring (bicyclic) bond motifs is 1. The van der Waals surface area contributed by atoms with Gasteiger partial charge in [-0.25, -0.2) is 0 Å². The first-order valence-electron chi connectivity index (χ1n) is 11.5. The number of aliphatic hydroxyl groups excluding tert-OH is 2. The van der Waals surface area contributed by atoms with E-state index in [0.29, 0.717) is 11.3 Å². The number of nitrogens with two attached hydrogens (primary N) is 1. The molecule has 3 heterocycles. The van der Waals surface area contributed by atoms with Gasteiger partial charge in [0.25, 0.3) is 5.91 Å². The standard InChI is InChI=1S/C26H27N3O5/c27-26(33)20-21(25-24(32)23(31)17-10-4-5-11-19(17)34-25)29(16-9-6-12-28-13-16)14-18(22(20)30)15-7-2-1-3-8-15/h1-3,6-9,12-14,17,19,23-25,31-32H,4-5,10-11H2,(H2,27,33). The van der Waals surface area contributed by atoms with E-state index in [1.54, 1.807) is 59.6 Å². The van der Waals surface area contributed by atoms with E-state index in [0.717, 1.165) is 25.7 Å². The second-order valence-electron chi connectivity index (χ2n) is 8.97. The smallest absolute Gasteiger partial charge is 0.254 e. The molecule has 1 saturated carbocycles. The number of pyridine rings is 2. The lowest BCUT2D eigenvalue weighted by Gasteiger charge is -2.46. The summed E-state index contributed by atoms with van der Waals surface area (Å²) < 4.78 is 7.94. The fraction of sp³-hybridized carbons (Fsp3) is 0.346. The van der Waals surface area contributed by atoms with Gasteiger partial charge >= 0.3 is 0 Å². The van der Waals surface area contributed by atoms with Gasteiger partial charge in [-0.1, -0.05) is 43.2 Å². The third kappa shape index (κ3) is 3.83. The van der Waals surface area contributed by atoms with Crippen molar-refractivity contribution in [3.63, 3.8) is 0 Å². The average Bonchev–Trinajstić information content (AvgIpc) is 2.87. The summed E-state index contributed by atoms with van der Waals surface area (Å²) in [6, 6.07) is 12.5. The van der Waals surface area contributed by atoms with Crippen molar-refractivity contribution in [3.05, 3.63) is 82.5 Å². The van der Waals surface area contributed by atoms with Gasteiger partial charge in [0.15, 0.2) is 0 Å². The first kappa shape index (κ1) is 22.5. The maximum absolute atomic E-state index is 13.6. The molecule has 5 atom stereocenters. The van der Waals surface area contributed by atoms with Crippen LogP contribution < -0.4 is 11.2 Å². The van der Waals surface area contributed by atoms with Gasteiger partial charge in [0.1, 0.15) is 17.8 Å². The molecule has 8 heteroatoms. The number of benzene rings is 1. The van der Waals surface area contributed by atoms with Gasteiger partial charge in [0.2, 0.25) is 5.43 Å². The molecule has 1 aliphatic heterocycles. The fourth-order valence-electron chi connectivity index (χ4n) is 5.29. The summed E-state index contributed by atoms with van der Waals surface area (Å²) in [5.41, 5.74) is 6.53. The third-order valence-corrected chi connectivity index (χ3v) is 6.94. The van der Waals surface area contributed by atoms with Crippen LogP contribution in [-0.4, -0.2) is 44.0 Å². The summed E-state index contributed by atoms with van der Waals surface area (Å²) in [4.78, 5) is 30.5. The van der Waals surface area contributed by atoms with Crippen LogP contribution in [0.3, 0.4) is 0 Å². The lowest BCUT2D eigenvalue weighted by molar-refractivity contribution is -0.213. The van der Waals surface area contributed by atoms with Gasteiger partial charge in [-0.2, -0.15) is 0 Å². The number of ether oxygens (including phenoxy) is 1. The fourth-order valence-corrected chi connectivity index (χ4v) is 5.29. The highest BCUT2D eigenvalue weighted by Crippen LogP contribution is 2.42. The van der Waals surface area contributed by atoms with Gasteiger partial charge in [0.05, 0.1) is 29.8 Å². The number of carbonyl (C=O) groups is 1. The van der Waals surface area contributed by atoms with Crippen LogP contribution in [0.25, 0.3) is 16.8 Å². The van der Waals surface area contributed by atoms with Crippen molar-refractivity contribution in [2.75, 3.05) is 0 Å². The minimum atomic E-state index is -1.33. The number of aliphatic hydroxyl groups is 2. The van der Waals surface area contributed by atoms with Crippen molar-refractivity contribution in [1.29, 1.82) is 0 Å². The Kier molecular flexibility index (Phi) is 6.03. The Morgan fingerprint density at radius 2 is 1.82 bits per heavy atom. The van der Waals surface area contributed by atoms with E-state index in [9.17, 15) is 19.8 Å². The molecule has 4 N–H and O–H groups in total. The normalized spacial score (nSPS) is 26.6. The number of carbonyl (C=O) groups excluding carboxylic acids is 1. The summed E-state index contributed by atoms with van der Waals surface area (Å²) in [6.45, 7) is 0. The first-order valence-corrected chi connectivity index (χ1v) is 11.5. The number of aromatic nitrogens is 2. The predicted molar refractivity (Wildman–Crippen MR) is 125 cm³/mol. The molecule has 8 nitrogen and oxygen atoms in total. The van der Waals surface area contributed by atoms with Crippen LogP contribution in [0.2, 0.25) is 0 Å². The minimum absolute atomic E-state index is 0.126. The van der Waals surface area contributed by atoms with Gasteiger partial charge in [0, 0.05) is 23.9 Å². The van der Waals surface area contributed by atoms with E-state index in [-0.39, 0.29) is 28.8 Å². The summed E-state index contributed by atoms with van der Waals surface area (Å²) in [5.74, 6) is -1.12. The van der Waals surface area contributed by atoms with Crippen LogP contribution >= 0.6 is 0 Å². The molecule has 0 spiro atoms. The van der Waals surface area contributed by atoms with Crippen molar-refractivity contribution in [2.24, 2.45) is 11.7 Å². The Morgan fingerprint density at radius 3 is 2.53 bits per heavy atom. The van der Waals surface area contributed by atoms with Crippen molar-refractivity contribution in [1.82, 2.24) is 9.55 Å². The molecule has 0 radical (unpaired) electrons. The van der Waals surface area contributed by atoms with E-state index in [1.807, 2.05) is 6.07 Å². The Morgan fingerprint density at radius 1 is 1.06 bits per heavy atom. The van der Waals surface area contributed by atoms with E-state index < -0.39 is 29.6 Å². The largest absolute Gasteiger partial charge is 0.390 e. The SMILES string of the molecule is NC(=O)c1c(C2OC3CCCCC3C(O)C2O)n(-c2cccnc2)cc(-c2ccccc2)c1=O. The van der Waals surface area contributed by atoms with Crippen molar-refractivity contribution < 1.29 is 19.7 Å². The highest BCUT2D eigenvalue weighted by molar-refractivity contribution is 5.95. The molecule has 34 heavy (non-hydrogen) atoms. The lowest BCUT2D eigenvalue weighted by atomic mass is 9.77. The number of hydrogen-bond acceptors (Lipinski definition) is 6. The van der Waals surface area contributed by atoms with Crippen LogP contribution in [0, 0.1) is 5.92 Å². The molecule has 1 amide bonds. The zero-order valence-corrected chi connectivity index (χ0v) is 18.6. The van der Waals surface area contributed by atoms with Gasteiger partial charge in [-0.3, -0.25) is 14.6 Å². The van der Waals surface area contributed by atoms with E-state index in [1.165, 1.54) is 0 Å². The second-order valence-corrected chi connectivity index (χ2v) is 8.97. The molecule has 5 unspecified atom stereocenters. The Balaban J connectivity index is 1.77. The van der Waals surface area contributed by atoms with Crippen LogP contribution in [0.4, 0.5) is 0 Å². The van der Waals surface area contributed by atoms with E-state index in [4.69, 9.17) is 10.5 Å². The molecule has 176 valence electrons. The molecule has 1 saturated heterocycles. The number of nitrogens with zero attached hydrogens (tertiary/aromatic N) is 2. The molecule has 2 aromatic heterocycles. The van der Waals surface area contributed by atoms with Crippen LogP contribution in [0.5, 0.6) is 0 Å². The average molecular weight is 462 g/mol. The first-order chi connectivity index (χ1) is 16.5. The summed E-state index contributed by atoms with van der Waals surface area (Å²) >= 11 is 0. The maximum atomic E-state index is 13.6.